The fraction of sp³-hybridized carbons (Fsp3) is 0.923. The minimum Gasteiger partial charge on any atom is -0.393 e. The van der Waals surface area contributed by atoms with E-state index < -0.39 is 0 Å². The van der Waals surface area contributed by atoms with Gasteiger partial charge < -0.3 is 21.1 Å². The molecular formula is C13H31N3O2. The van der Waals surface area contributed by atoms with Crippen molar-refractivity contribution in [3.05, 3.63) is 0 Å². The first-order valence-electron chi connectivity index (χ1n) is 6.99. The van der Waals surface area contributed by atoms with Gasteiger partial charge in [0.25, 0.3) is 0 Å². The van der Waals surface area contributed by atoms with E-state index in [0.717, 1.165) is 39.0 Å². The number of hydrogen-bond acceptors (Lipinski definition) is 4. The Balaban J connectivity index is 0. The number of hydrogen-bond donors (Lipinski definition) is 3. The van der Waals surface area contributed by atoms with Crippen LogP contribution in [0.4, 0.5) is 0 Å². The number of nitrogens with two attached hydrogens (primary N) is 1. The highest BCUT2D eigenvalue weighted by atomic mass is 16.3. The third-order valence-electron chi connectivity index (χ3n) is 3.51. The molecule has 2 rings (SSSR count). The lowest BCUT2D eigenvalue weighted by Gasteiger charge is -2.28. The van der Waals surface area contributed by atoms with Gasteiger partial charge in [0, 0.05) is 42.0 Å². The molecule has 1 aliphatic heterocycles. The first-order valence-corrected chi connectivity index (χ1v) is 6.99. The molecule has 2 fully saturated rings. The van der Waals surface area contributed by atoms with Gasteiger partial charge in [0.15, 0.2) is 0 Å². The number of aliphatic hydroxyl groups is 1. The van der Waals surface area contributed by atoms with E-state index >= 15 is 0 Å². The van der Waals surface area contributed by atoms with Crippen molar-refractivity contribution >= 4 is 5.91 Å². The van der Waals surface area contributed by atoms with Crippen LogP contribution in [0, 0.1) is 0 Å². The Morgan fingerprint density at radius 1 is 1.39 bits per heavy atom. The molecule has 1 heterocycles. The first kappa shape index (κ1) is 15.4. The highest BCUT2D eigenvalue weighted by molar-refractivity contribution is 5.73. The highest BCUT2D eigenvalue weighted by Gasteiger charge is 2.17. The maximum absolute atomic E-state index is 10.3. The molecular weight excluding hydrogens is 230 g/mol. The van der Waals surface area contributed by atoms with Crippen molar-refractivity contribution in [3.63, 3.8) is 0 Å². The fourth-order valence-electron chi connectivity index (χ4n) is 2.17. The van der Waals surface area contributed by atoms with Crippen molar-refractivity contribution in [1.29, 1.82) is 0 Å². The number of nitrogens with one attached hydrogen (secondary N) is 1. The summed E-state index contributed by atoms with van der Waals surface area (Å²) in [7, 11) is 0. The molecule has 1 amide bonds. The van der Waals surface area contributed by atoms with Gasteiger partial charge in [0.05, 0.1) is 6.10 Å². The van der Waals surface area contributed by atoms with E-state index in [0.29, 0.717) is 6.04 Å². The molecule has 110 valence electrons. The normalized spacial score (nSPS) is 21.7. The second-order valence-corrected chi connectivity index (χ2v) is 5.19. The molecule has 5 heteroatoms. The van der Waals surface area contributed by atoms with Gasteiger partial charge in [0.2, 0.25) is 5.91 Å². The Morgan fingerprint density at radius 3 is 2.33 bits per heavy atom. The summed E-state index contributed by atoms with van der Waals surface area (Å²) in [5.41, 5.74) is 5.39. The Kier molecular flexibility index (Phi) is 7.23. The number of likely N-dealkylation sites (tertiary alicyclic amines) is 1. The van der Waals surface area contributed by atoms with Crippen LogP contribution in [-0.4, -0.2) is 54.2 Å². The van der Waals surface area contributed by atoms with Crippen LogP contribution >= 0.6 is 0 Å². The predicted molar refractivity (Wildman–Crippen MR) is 76.4 cm³/mol. The molecule has 2 aliphatic rings. The molecule has 1 saturated heterocycles. The smallest absolute Gasteiger partial charge is 0.217 e. The molecule has 1 saturated carbocycles. The Hall–Kier alpha value is -0.650. The molecule has 1 aliphatic carbocycles. The minimum atomic E-state index is -0.0611. The quantitative estimate of drug-likeness (QED) is 0.694. The van der Waals surface area contributed by atoms with Gasteiger partial charge in [-0.05, 0) is 32.1 Å². The van der Waals surface area contributed by atoms with E-state index in [-0.39, 0.29) is 14.9 Å². The maximum Gasteiger partial charge on any atom is 0.217 e. The molecule has 0 aromatic carbocycles. The molecule has 4 N–H and O–H groups in total. The first-order chi connectivity index (χ1) is 8.61. The second-order valence-electron chi connectivity index (χ2n) is 5.19. The molecule has 0 atom stereocenters. The van der Waals surface area contributed by atoms with Crippen LogP contribution in [0.15, 0.2) is 0 Å². The minimum absolute atomic E-state index is 0. The van der Waals surface area contributed by atoms with Crippen LogP contribution in [0.25, 0.3) is 0 Å². The molecule has 0 unspecified atom stereocenters. The lowest BCUT2D eigenvalue weighted by atomic mass is 9.93. The van der Waals surface area contributed by atoms with E-state index in [2.05, 4.69) is 10.2 Å². The van der Waals surface area contributed by atoms with Crippen molar-refractivity contribution in [3.8, 4) is 0 Å². The number of aliphatic hydroxyl groups excluding tert-OH is 1. The van der Waals surface area contributed by atoms with Crippen molar-refractivity contribution in [2.24, 2.45) is 5.73 Å². The summed E-state index contributed by atoms with van der Waals surface area (Å²) >= 11 is 0. The lowest BCUT2D eigenvalue weighted by molar-refractivity contribution is -0.120. The number of amides is 1. The molecule has 0 bridgehead atoms. The highest BCUT2D eigenvalue weighted by Crippen LogP contribution is 2.17. The second kappa shape index (κ2) is 8.45. The van der Waals surface area contributed by atoms with Gasteiger partial charge in [-0.1, -0.05) is 0 Å². The third kappa shape index (κ3) is 6.33. The monoisotopic (exact) mass is 261 g/mol. The molecule has 0 aromatic rings. The van der Waals surface area contributed by atoms with Gasteiger partial charge in [0.1, 0.15) is 0 Å². The summed E-state index contributed by atoms with van der Waals surface area (Å²) in [4.78, 5) is 12.6. The average Bonchev–Trinajstić information content (AvgIpc) is 2.28. The zero-order valence-corrected chi connectivity index (χ0v) is 11.4. The van der Waals surface area contributed by atoms with Crippen LogP contribution < -0.4 is 11.1 Å². The van der Waals surface area contributed by atoms with Gasteiger partial charge in [-0.25, -0.2) is 0 Å². The van der Waals surface area contributed by atoms with Crippen LogP contribution in [0.1, 0.15) is 41.9 Å². The Morgan fingerprint density at radius 2 is 2.00 bits per heavy atom. The average molecular weight is 261 g/mol. The van der Waals surface area contributed by atoms with E-state index in [4.69, 9.17) is 10.8 Å². The molecule has 18 heavy (non-hydrogen) atoms. The summed E-state index contributed by atoms with van der Waals surface area (Å²) in [5.74, 6) is 0.106. The van der Waals surface area contributed by atoms with E-state index in [9.17, 15) is 4.79 Å². The van der Waals surface area contributed by atoms with Gasteiger partial charge in [-0.3, -0.25) is 4.79 Å². The largest absolute Gasteiger partial charge is 0.393 e. The number of carbonyl (C=O) groups excluding carboxylic acids is 1. The maximum atomic E-state index is 10.3. The summed E-state index contributed by atoms with van der Waals surface area (Å²) in [6.07, 6.45) is 5.42. The van der Waals surface area contributed by atoms with Gasteiger partial charge >= 0.3 is 0 Å². The van der Waals surface area contributed by atoms with Crippen molar-refractivity contribution in [1.82, 2.24) is 10.2 Å². The zero-order chi connectivity index (χ0) is 13.4. The van der Waals surface area contributed by atoms with Crippen LogP contribution in [-0.2, 0) is 4.79 Å². The van der Waals surface area contributed by atoms with Crippen LogP contribution in [0.2, 0.25) is 0 Å². The van der Waals surface area contributed by atoms with Crippen LogP contribution in [0.5, 0.6) is 0 Å². The SMILES string of the molecule is CC(=O)NC1CCC1.NCCN1CCC(O)CC1.[HH].[HH]. The molecule has 5 nitrogen and oxygen atoms in total. The lowest BCUT2D eigenvalue weighted by Crippen LogP contribution is -2.38. The number of nitrogens with zero attached hydrogens (tertiary/aromatic N) is 1. The van der Waals surface area contributed by atoms with E-state index in [1.807, 2.05) is 0 Å². The summed E-state index contributed by atoms with van der Waals surface area (Å²) in [6, 6.07) is 0.507. The number of piperidine rings is 1. The molecule has 0 aromatic heterocycles. The summed E-state index contributed by atoms with van der Waals surface area (Å²) in [5, 5.41) is 12.0. The van der Waals surface area contributed by atoms with E-state index in [1.54, 1.807) is 6.92 Å². The summed E-state index contributed by atoms with van der Waals surface area (Å²) < 4.78 is 0. The number of carbonyl (C=O) groups is 1. The third-order valence-corrected chi connectivity index (χ3v) is 3.51. The molecule has 0 spiro atoms. The van der Waals surface area contributed by atoms with Crippen molar-refractivity contribution in [2.45, 2.75) is 51.2 Å². The van der Waals surface area contributed by atoms with Crippen molar-refractivity contribution < 1.29 is 12.8 Å². The number of rotatable bonds is 3. The summed E-state index contributed by atoms with van der Waals surface area (Å²) in [6.45, 7) is 5.30. The Bertz CT molecular complexity index is 246. The fourth-order valence-corrected chi connectivity index (χ4v) is 2.17. The van der Waals surface area contributed by atoms with E-state index in [1.165, 1.54) is 19.3 Å². The van der Waals surface area contributed by atoms with Gasteiger partial charge in [-0.15, -0.1) is 0 Å². The van der Waals surface area contributed by atoms with Gasteiger partial charge in [-0.2, -0.15) is 0 Å². The van der Waals surface area contributed by atoms with Crippen LogP contribution in [0.3, 0.4) is 0 Å². The standard InChI is InChI=1S/C7H16N2O.C6H11NO.2H2/c8-3-6-9-4-1-7(10)2-5-9;1-5(8)7-6-3-2-4-6;;/h7,10H,1-6,8H2;6H,2-4H2,1H3,(H,7,8);2*1H. The Labute approximate surface area is 113 Å². The topological polar surface area (TPSA) is 78.6 Å². The van der Waals surface area contributed by atoms with Crippen molar-refractivity contribution in [2.75, 3.05) is 26.2 Å². The predicted octanol–water partition coefficient (Wildman–Crippen LogP) is 0.569. The zero-order valence-electron chi connectivity index (χ0n) is 11.4. The molecule has 0 radical (unpaired) electrons.